The first-order chi connectivity index (χ1) is 9.12. The third kappa shape index (κ3) is 4.04. The number of carbonyl (C=O) groups is 1. The van der Waals surface area contributed by atoms with E-state index >= 15 is 0 Å². The maximum Gasteiger partial charge on any atom is 0.328 e. The van der Waals surface area contributed by atoms with Crippen molar-refractivity contribution in [3.05, 3.63) is 23.8 Å². The lowest BCUT2D eigenvalue weighted by Crippen LogP contribution is -2.24. The molecule has 7 nitrogen and oxygen atoms in total. The molecule has 0 amide bonds. The molecule has 110 valence electrons. The van der Waals surface area contributed by atoms with Gasteiger partial charge in [0, 0.05) is 11.8 Å². The van der Waals surface area contributed by atoms with E-state index in [1.807, 2.05) is 0 Å². The minimum atomic E-state index is -4.40. The Balaban J connectivity index is 3.17. The Kier molecular flexibility index (Phi) is 4.85. The molecule has 0 saturated carbocycles. The molecule has 0 radical (unpaired) electrons. The van der Waals surface area contributed by atoms with Crippen LogP contribution in [-0.2, 0) is 14.9 Å². The molecule has 0 heterocycles. The van der Waals surface area contributed by atoms with E-state index in [2.05, 4.69) is 4.99 Å². The van der Waals surface area contributed by atoms with E-state index in [1.54, 1.807) is 13.8 Å². The van der Waals surface area contributed by atoms with Gasteiger partial charge in [-0.15, -0.1) is 0 Å². The second-order valence-corrected chi connectivity index (χ2v) is 5.92. The molecule has 1 atom stereocenters. The third-order valence-electron chi connectivity index (χ3n) is 2.56. The molecule has 0 aliphatic rings. The molecule has 0 saturated heterocycles. The summed E-state index contributed by atoms with van der Waals surface area (Å²) < 4.78 is 30.9. The highest BCUT2D eigenvalue weighted by Gasteiger charge is 2.19. The van der Waals surface area contributed by atoms with Crippen molar-refractivity contribution in [3.63, 3.8) is 0 Å². The minimum Gasteiger partial charge on any atom is -0.507 e. The van der Waals surface area contributed by atoms with E-state index in [9.17, 15) is 18.3 Å². The summed E-state index contributed by atoms with van der Waals surface area (Å²) in [5, 5.41) is 18.5. The second-order valence-electron chi connectivity index (χ2n) is 4.50. The van der Waals surface area contributed by atoms with Crippen LogP contribution in [-0.4, -0.2) is 41.4 Å². The minimum absolute atomic E-state index is 0.00650. The van der Waals surface area contributed by atoms with Crippen molar-refractivity contribution in [2.45, 2.75) is 24.8 Å². The van der Waals surface area contributed by atoms with Crippen LogP contribution in [0.4, 0.5) is 0 Å². The van der Waals surface area contributed by atoms with Gasteiger partial charge in [-0.3, -0.25) is 9.55 Å². The Bertz CT molecular complexity index is 635. The molecule has 20 heavy (non-hydrogen) atoms. The maximum absolute atomic E-state index is 11.0. The smallest absolute Gasteiger partial charge is 0.328 e. The van der Waals surface area contributed by atoms with E-state index in [0.717, 1.165) is 24.4 Å². The average molecular weight is 301 g/mol. The number of phenols is 1. The van der Waals surface area contributed by atoms with Crippen molar-refractivity contribution in [1.82, 2.24) is 0 Å². The van der Waals surface area contributed by atoms with Gasteiger partial charge < -0.3 is 10.2 Å². The van der Waals surface area contributed by atoms with Gasteiger partial charge in [-0.25, -0.2) is 4.79 Å². The summed E-state index contributed by atoms with van der Waals surface area (Å²) in [6, 6.07) is 2.10. The molecule has 3 N–H and O–H groups in total. The highest BCUT2D eigenvalue weighted by molar-refractivity contribution is 7.85. The number of aliphatic carboxylic acids is 1. The second kappa shape index (κ2) is 6.02. The summed E-state index contributed by atoms with van der Waals surface area (Å²) in [6.07, 6.45) is 1.07. The number of nitrogens with zero attached hydrogens (tertiary/aromatic N) is 1. The average Bonchev–Trinajstić information content (AvgIpc) is 2.29. The predicted octanol–water partition coefficient (Wildman–Crippen LogP) is 1.17. The number of phenolic OH excluding ortho intramolecular Hbond substituents is 1. The number of rotatable bonds is 5. The number of hydrogen-bond acceptors (Lipinski definition) is 5. The number of carboxylic acids is 1. The van der Waals surface area contributed by atoms with Crippen molar-refractivity contribution in [2.75, 3.05) is 0 Å². The molecular formula is C12H15NO6S. The summed E-state index contributed by atoms with van der Waals surface area (Å²) in [7, 11) is -4.40. The number of hydrogen-bond donors (Lipinski definition) is 3. The Labute approximate surface area is 116 Å². The normalized spacial score (nSPS) is 13.8. The Morgan fingerprint density at radius 2 is 1.95 bits per heavy atom. The largest absolute Gasteiger partial charge is 0.507 e. The first-order valence-electron chi connectivity index (χ1n) is 5.69. The van der Waals surface area contributed by atoms with Crippen LogP contribution in [0, 0.1) is 5.92 Å². The molecule has 1 aromatic rings. The zero-order chi connectivity index (χ0) is 15.5. The number of aromatic hydroxyl groups is 1. The zero-order valence-electron chi connectivity index (χ0n) is 10.9. The predicted molar refractivity (Wildman–Crippen MR) is 71.8 cm³/mol. The van der Waals surface area contributed by atoms with Gasteiger partial charge in [-0.05, 0) is 24.1 Å². The molecular weight excluding hydrogens is 286 g/mol. The lowest BCUT2D eigenvalue weighted by atomic mass is 10.1. The molecule has 0 aliphatic carbocycles. The first-order valence-corrected chi connectivity index (χ1v) is 7.13. The van der Waals surface area contributed by atoms with Gasteiger partial charge in [-0.1, -0.05) is 13.8 Å². The number of aliphatic imine (C=N–C) groups is 1. The zero-order valence-corrected chi connectivity index (χ0v) is 11.7. The van der Waals surface area contributed by atoms with Crippen LogP contribution in [0.1, 0.15) is 19.4 Å². The molecule has 0 bridgehead atoms. The van der Waals surface area contributed by atoms with Crippen molar-refractivity contribution in [2.24, 2.45) is 10.9 Å². The molecule has 0 unspecified atom stereocenters. The fourth-order valence-electron chi connectivity index (χ4n) is 1.48. The van der Waals surface area contributed by atoms with Gasteiger partial charge in [0.25, 0.3) is 10.1 Å². The van der Waals surface area contributed by atoms with Gasteiger partial charge in [0.2, 0.25) is 0 Å². The van der Waals surface area contributed by atoms with Crippen LogP contribution >= 0.6 is 0 Å². The Morgan fingerprint density at radius 3 is 2.40 bits per heavy atom. The van der Waals surface area contributed by atoms with Gasteiger partial charge in [0.05, 0.1) is 4.90 Å². The standard InChI is InChI=1S/C12H15NO6S/c1-7(2)11(12(15)16)13-6-8-5-9(20(17,18)19)3-4-10(8)14/h3-7,11,14H,1-2H3,(H,15,16)(H,17,18,19)/t11-/m0/s1. The van der Waals surface area contributed by atoms with E-state index in [0.29, 0.717) is 0 Å². The van der Waals surface area contributed by atoms with Crippen molar-refractivity contribution in [1.29, 1.82) is 0 Å². The van der Waals surface area contributed by atoms with E-state index in [-0.39, 0.29) is 17.2 Å². The monoisotopic (exact) mass is 301 g/mol. The van der Waals surface area contributed by atoms with Crippen molar-refractivity contribution < 1.29 is 28.0 Å². The molecule has 0 fully saturated rings. The topological polar surface area (TPSA) is 124 Å². The summed E-state index contributed by atoms with van der Waals surface area (Å²) in [5.41, 5.74) is 0.00650. The maximum atomic E-state index is 11.0. The molecule has 0 aromatic heterocycles. The van der Waals surface area contributed by atoms with E-state index in [4.69, 9.17) is 9.66 Å². The number of benzene rings is 1. The third-order valence-corrected chi connectivity index (χ3v) is 3.41. The molecule has 0 spiro atoms. The van der Waals surface area contributed by atoms with Crippen LogP contribution in [0.25, 0.3) is 0 Å². The Morgan fingerprint density at radius 1 is 1.35 bits per heavy atom. The SMILES string of the molecule is CC(C)[C@H](N=Cc1cc(S(=O)(=O)O)ccc1O)C(=O)O. The van der Waals surface area contributed by atoms with Crippen molar-refractivity contribution >= 4 is 22.3 Å². The summed E-state index contributed by atoms with van der Waals surface area (Å²) in [4.78, 5) is 14.4. The van der Waals surface area contributed by atoms with E-state index in [1.165, 1.54) is 0 Å². The molecule has 0 aliphatic heterocycles. The fourth-order valence-corrected chi connectivity index (χ4v) is 1.99. The molecule has 8 heteroatoms. The van der Waals surface area contributed by atoms with Crippen LogP contribution in [0.15, 0.2) is 28.1 Å². The quantitative estimate of drug-likeness (QED) is 0.554. The van der Waals surface area contributed by atoms with E-state index < -0.39 is 27.0 Å². The van der Waals surface area contributed by atoms with Crippen LogP contribution in [0.2, 0.25) is 0 Å². The highest BCUT2D eigenvalue weighted by atomic mass is 32.2. The van der Waals surface area contributed by atoms with Gasteiger partial charge in [-0.2, -0.15) is 8.42 Å². The van der Waals surface area contributed by atoms with Gasteiger partial charge in [0.1, 0.15) is 11.8 Å². The van der Waals surface area contributed by atoms with Crippen LogP contribution in [0.3, 0.4) is 0 Å². The fraction of sp³-hybridized carbons (Fsp3) is 0.333. The Hall–Kier alpha value is -1.93. The first kappa shape index (κ1) is 16.1. The van der Waals surface area contributed by atoms with Crippen LogP contribution < -0.4 is 0 Å². The summed E-state index contributed by atoms with van der Waals surface area (Å²) >= 11 is 0. The van der Waals surface area contributed by atoms with Gasteiger partial charge >= 0.3 is 5.97 Å². The summed E-state index contributed by atoms with van der Waals surface area (Å²) in [5.74, 6) is -1.66. The van der Waals surface area contributed by atoms with Crippen molar-refractivity contribution in [3.8, 4) is 5.75 Å². The van der Waals surface area contributed by atoms with Crippen LogP contribution in [0.5, 0.6) is 5.75 Å². The molecule has 1 aromatic carbocycles. The summed E-state index contributed by atoms with van der Waals surface area (Å²) in [6.45, 7) is 3.34. The highest BCUT2D eigenvalue weighted by Crippen LogP contribution is 2.20. The number of carboxylic acid groups (broad SMARTS) is 1. The lowest BCUT2D eigenvalue weighted by Gasteiger charge is -2.10. The van der Waals surface area contributed by atoms with Gasteiger partial charge in [0.15, 0.2) is 0 Å². The lowest BCUT2D eigenvalue weighted by molar-refractivity contribution is -0.139. The molecule has 1 rings (SSSR count).